The standard InChI is InChI=1S/C13H16FN3S/c14-10-3-4-12-11(9-10)16-13(18-12)15-5-8-17-6-1-2-7-17/h3-4,9H,1-2,5-8H2,(H,15,16). The molecule has 2 aromatic rings. The molecular formula is C13H16FN3S. The first-order chi connectivity index (χ1) is 8.81. The van der Waals surface area contributed by atoms with Gasteiger partial charge in [-0.3, -0.25) is 0 Å². The topological polar surface area (TPSA) is 28.2 Å². The van der Waals surface area contributed by atoms with Crippen LogP contribution in [0.4, 0.5) is 9.52 Å². The van der Waals surface area contributed by atoms with Crippen LogP contribution in [-0.4, -0.2) is 36.1 Å². The first-order valence-electron chi connectivity index (χ1n) is 6.33. The highest BCUT2D eigenvalue weighted by Crippen LogP contribution is 2.26. The van der Waals surface area contributed by atoms with E-state index in [4.69, 9.17) is 0 Å². The highest BCUT2D eigenvalue weighted by atomic mass is 32.1. The van der Waals surface area contributed by atoms with Crippen molar-refractivity contribution in [2.75, 3.05) is 31.5 Å². The molecule has 96 valence electrons. The van der Waals surface area contributed by atoms with Crippen molar-refractivity contribution in [3.8, 4) is 0 Å². The molecule has 1 fully saturated rings. The van der Waals surface area contributed by atoms with Gasteiger partial charge in [-0.25, -0.2) is 9.37 Å². The van der Waals surface area contributed by atoms with E-state index in [1.165, 1.54) is 38.1 Å². The molecule has 18 heavy (non-hydrogen) atoms. The summed E-state index contributed by atoms with van der Waals surface area (Å²) in [6.45, 7) is 4.39. The molecule has 1 aromatic carbocycles. The summed E-state index contributed by atoms with van der Waals surface area (Å²) >= 11 is 1.58. The van der Waals surface area contributed by atoms with E-state index in [1.54, 1.807) is 17.4 Å². The quantitative estimate of drug-likeness (QED) is 0.921. The van der Waals surface area contributed by atoms with Gasteiger partial charge in [-0.15, -0.1) is 0 Å². The van der Waals surface area contributed by atoms with Gasteiger partial charge in [-0.1, -0.05) is 11.3 Å². The van der Waals surface area contributed by atoms with Crippen molar-refractivity contribution < 1.29 is 4.39 Å². The Balaban J connectivity index is 1.60. The van der Waals surface area contributed by atoms with Crippen molar-refractivity contribution in [2.24, 2.45) is 0 Å². The molecule has 1 aromatic heterocycles. The van der Waals surface area contributed by atoms with Crippen LogP contribution in [0.3, 0.4) is 0 Å². The Bertz CT molecular complexity index is 534. The van der Waals surface area contributed by atoms with Crippen molar-refractivity contribution >= 4 is 26.7 Å². The average Bonchev–Trinajstić information content (AvgIpc) is 2.97. The molecule has 0 amide bonds. The SMILES string of the molecule is Fc1ccc2sc(NCCN3CCCC3)nc2c1. The Morgan fingerprint density at radius 2 is 2.17 bits per heavy atom. The molecule has 3 nitrogen and oxygen atoms in total. The van der Waals surface area contributed by atoms with Crippen LogP contribution in [-0.2, 0) is 0 Å². The van der Waals surface area contributed by atoms with Gasteiger partial charge in [0.15, 0.2) is 5.13 Å². The molecule has 3 rings (SSSR count). The zero-order valence-corrected chi connectivity index (χ0v) is 11.0. The lowest BCUT2D eigenvalue weighted by Crippen LogP contribution is -2.25. The molecule has 1 saturated heterocycles. The number of hydrogen-bond acceptors (Lipinski definition) is 4. The predicted molar refractivity (Wildman–Crippen MR) is 73.7 cm³/mol. The second kappa shape index (κ2) is 5.20. The number of likely N-dealkylation sites (tertiary alicyclic amines) is 1. The zero-order valence-electron chi connectivity index (χ0n) is 10.2. The van der Waals surface area contributed by atoms with E-state index in [2.05, 4.69) is 15.2 Å². The van der Waals surface area contributed by atoms with E-state index in [1.807, 2.05) is 0 Å². The molecule has 0 aliphatic carbocycles. The van der Waals surface area contributed by atoms with Crippen LogP contribution in [0.15, 0.2) is 18.2 Å². The molecule has 0 bridgehead atoms. The minimum Gasteiger partial charge on any atom is -0.360 e. The largest absolute Gasteiger partial charge is 0.360 e. The van der Waals surface area contributed by atoms with Crippen LogP contribution >= 0.6 is 11.3 Å². The number of rotatable bonds is 4. The van der Waals surface area contributed by atoms with Gasteiger partial charge in [0.1, 0.15) is 5.82 Å². The van der Waals surface area contributed by atoms with E-state index < -0.39 is 0 Å². The lowest BCUT2D eigenvalue weighted by Gasteiger charge is -2.13. The van der Waals surface area contributed by atoms with Gasteiger partial charge in [0.2, 0.25) is 0 Å². The zero-order chi connectivity index (χ0) is 12.4. The Hall–Kier alpha value is -1.20. The van der Waals surface area contributed by atoms with E-state index >= 15 is 0 Å². The molecule has 0 atom stereocenters. The summed E-state index contributed by atoms with van der Waals surface area (Å²) in [6.07, 6.45) is 2.64. The van der Waals surface area contributed by atoms with E-state index in [0.717, 1.165) is 28.4 Å². The maximum absolute atomic E-state index is 13.0. The summed E-state index contributed by atoms with van der Waals surface area (Å²) in [5, 5.41) is 4.21. The van der Waals surface area contributed by atoms with Crippen molar-refractivity contribution in [2.45, 2.75) is 12.8 Å². The smallest absolute Gasteiger partial charge is 0.183 e. The molecule has 0 spiro atoms. The third kappa shape index (κ3) is 2.62. The summed E-state index contributed by atoms with van der Waals surface area (Å²) < 4.78 is 14.1. The maximum Gasteiger partial charge on any atom is 0.183 e. The minimum absolute atomic E-state index is 0.226. The summed E-state index contributed by atoms with van der Waals surface area (Å²) in [5.41, 5.74) is 0.740. The maximum atomic E-state index is 13.0. The van der Waals surface area contributed by atoms with Gasteiger partial charge in [0.25, 0.3) is 0 Å². The molecule has 1 N–H and O–H groups in total. The molecule has 0 saturated carbocycles. The summed E-state index contributed by atoms with van der Waals surface area (Å²) in [5.74, 6) is -0.226. The van der Waals surface area contributed by atoms with E-state index in [0.29, 0.717) is 0 Å². The summed E-state index contributed by atoms with van der Waals surface area (Å²) in [7, 11) is 0. The highest BCUT2D eigenvalue weighted by Gasteiger charge is 2.11. The number of fused-ring (bicyclic) bond motifs is 1. The number of thiazole rings is 1. The van der Waals surface area contributed by atoms with E-state index in [9.17, 15) is 4.39 Å². The monoisotopic (exact) mass is 265 g/mol. The molecule has 0 radical (unpaired) electrons. The summed E-state index contributed by atoms with van der Waals surface area (Å²) in [6, 6.07) is 4.75. The van der Waals surface area contributed by atoms with Crippen LogP contribution in [0.5, 0.6) is 0 Å². The van der Waals surface area contributed by atoms with Crippen molar-refractivity contribution in [3.63, 3.8) is 0 Å². The second-order valence-corrected chi connectivity index (χ2v) is 5.64. The molecule has 1 aliphatic heterocycles. The molecular weight excluding hydrogens is 249 g/mol. The van der Waals surface area contributed by atoms with Gasteiger partial charge >= 0.3 is 0 Å². The Labute approximate surface area is 110 Å². The fraction of sp³-hybridized carbons (Fsp3) is 0.462. The first-order valence-corrected chi connectivity index (χ1v) is 7.15. The van der Waals surface area contributed by atoms with Gasteiger partial charge in [-0.2, -0.15) is 0 Å². The third-order valence-electron chi connectivity index (χ3n) is 3.25. The third-order valence-corrected chi connectivity index (χ3v) is 4.25. The fourth-order valence-corrected chi connectivity index (χ4v) is 3.18. The molecule has 1 aliphatic rings. The van der Waals surface area contributed by atoms with Crippen molar-refractivity contribution in [3.05, 3.63) is 24.0 Å². The van der Waals surface area contributed by atoms with Gasteiger partial charge < -0.3 is 10.2 Å². The molecule has 2 heterocycles. The minimum atomic E-state index is -0.226. The fourth-order valence-electron chi connectivity index (χ4n) is 2.30. The number of nitrogens with one attached hydrogen (secondary N) is 1. The Morgan fingerprint density at radius 1 is 1.33 bits per heavy atom. The summed E-state index contributed by atoms with van der Waals surface area (Å²) in [4.78, 5) is 6.84. The normalized spacial score (nSPS) is 16.5. The average molecular weight is 265 g/mol. The molecule has 0 unspecified atom stereocenters. The Morgan fingerprint density at radius 3 is 3.00 bits per heavy atom. The number of benzene rings is 1. The van der Waals surface area contributed by atoms with Gasteiger partial charge in [0, 0.05) is 19.2 Å². The predicted octanol–water partition coefficient (Wildman–Crippen LogP) is 2.94. The number of nitrogens with zero attached hydrogens (tertiary/aromatic N) is 2. The van der Waals surface area contributed by atoms with Crippen LogP contribution in [0.1, 0.15) is 12.8 Å². The first kappa shape index (κ1) is 11.9. The number of anilines is 1. The Kier molecular flexibility index (Phi) is 3.43. The second-order valence-electron chi connectivity index (χ2n) is 4.61. The van der Waals surface area contributed by atoms with Crippen LogP contribution in [0.25, 0.3) is 10.2 Å². The van der Waals surface area contributed by atoms with Crippen LogP contribution < -0.4 is 5.32 Å². The number of aromatic nitrogens is 1. The lowest BCUT2D eigenvalue weighted by atomic mass is 10.3. The van der Waals surface area contributed by atoms with Crippen molar-refractivity contribution in [1.82, 2.24) is 9.88 Å². The molecule has 5 heteroatoms. The number of halogens is 1. The van der Waals surface area contributed by atoms with Crippen molar-refractivity contribution in [1.29, 1.82) is 0 Å². The van der Waals surface area contributed by atoms with Crippen LogP contribution in [0.2, 0.25) is 0 Å². The van der Waals surface area contributed by atoms with Gasteiger partial charge in [0.05, 0.1) is 10.2 Å². The number of hydrogen-bond donors (Lipinski definition) is 1. The van der Waals surface area contributed by atoms with Gasteiger partial charge in [-0.05, 0) is 38.1 Å². The van der Waals surface area contributed by atoms with Crippen LogP contribution in [0, 0.1) is 5.82 Å². The lowest BCUT2D eigenvalue weighted by molar-refractivity contribution is 0.352. The highest BCUT2D eigenvalue weighted by molar-refractivity contribution is 7.22. The van der Waals surface area contributed by atoms with E-state index in [-0.39, 0.29) is 5.82 Å².